The summed E-state index contributed by atoms with van der Waals surface area (Å²) in [5.74, 6) is 0. The minimum Gasteiger partial charge on any atom is -1.00 e. The SMILES string of the molecule is O.[Cl][Pb][Cl].[H-].[H-].[Mg+2]. The molecule has 0 aromatic heterocycles. The summed E-state index contributed by atoms with van der Waals surface area (Å²) in [5.41, 5.74) is 0. The second kappa shape index (κ2) is 16.3. The Morgan fingerprint density at radius 1 is 1.40 bits per heavy atom. The molecule has 0 bridgehead atoms. The van der Waals surface area contributed by atoms with E-state index in [1.807, 2.05) is 0 Å². The third-order valence-corrected chi connectivity index (χ3v) is 0. The molecule has 0 heterocycles. The summed E-state index contributed by atoms with van der Waals surface area (Å²) in [6, 6.07) is 0. The van der Waals surface area contributed by atoms with Crippen LogP contribution in [0.2, 0.25) is 0 Å². The van der Waals surface area contributed by atoms with E-state index in [4.69, 9.17) is 16.6 Å². The summed E-state index contributed by atoms with van der Waals surface area (Å²) in [4.78, 5) is 0. The summed E-state index contributed by atoms with van der Waals surface area (Å²) < 4.78 is 0. The third kappa shape index (κ3) is 22.4. The van der Waals surface area contributed by atoms with Gasteiger partial charge in [0.2, 0.25) is 0 Å². The molecule has 1 nitrogen and oxygen atoms in total. The summed E-state index contributed by atoms with van der Waals surface area (Å²) in [5, 5.41) is 0. The first-order chi connectivity index (χ1) is 1.41. The van der Waals surface area contributed by atoms with E-state index in [0.717, 1.165) is 0 Å². The maximum absolute atomic E-state index is 4.96. The Morgan fingerprint density at radius 3 is 1.40 bits per heavy atom. The van der Waals surface area contributed by atoms with Gasteiger partial charge in [-0.3, -0.25) is 0 Å². The van der Waals surface area contributed by atoms with E-state index in [2.05, 4.69) is 0 Å². The molecule has 0 aromatic carbocycles. The second-order valence-corrected chi connectivity index (χ2v) is 5.64. The van der Waals surface area contributed by atoms with Gasteiger partial charge in [0.1, 0.15) is 0 Å². The molecule has 2 N–H and O–H groups in total. The molecule has 0 spiro atoms. The van der Waals surface area contributed by atoms with Gasteiger partial charge in [-0.25, -0.2) is 0 Å². The van der Waals surface area contributed by atoms with Crippen molar-refractivity contribution in [3.05, 3.63) is 0 Å². The second-order valence-electron chi connectivity index (χ2n) is 0.0714. The molecule has 0 aliphatic heterocycles. The van der Waals surface area contributed by atoms with E-state index in [1.54, 1.807) is 0 Å². The normalized spacial score (nSPS) is 3.60. The molecule has 30 valence electrons. The van der Waals surface area contributed by atoms with Crippen LogP contribution >= 0.6 is 16.6 Å². The first kappa shape index (κ1) is 15.7. The standard InChI is InChI=1S/2ClH.Mg.H2O.Pb.2H/h2*1H;;1H2;;;/q;;+2;;+2;2*-1/p-2. The fourth-order valence-corrected chi connectivity index (χ4v) is 0. The molecular formula is H4Cl2MgOPb. The van der Waals surface area contributed by atoms with Gasteiger partial charge in [-0.15, -0.1) is 0 Å². The van der Waals surface area contributed by atoms with Crippen LogP contribution in [0.5, 0.6) is 0 Å². The molecule has 0 saturated carbocycles. The quantitative estimate of drug-likeness (QED) is 0.563. The predicted octanol–water partition coefficient (Wildman–Crippen LogP) is 0.0177. The number of rotatable bonds is 0. The predicted molar refractivity (Wildman–Crippen MR) is 29.1 cm³/mol. The van der Waals surface area contributed by atoms with Crippen molar-refractivity contribution in [3.8, 4) is 0 Å². The number of hydrogen-bond donors (Lipinski definition) is 0. The zero-order chi connectivity index (χ0) is 2.71. The van der Waals surface area contributed by atoms with Gasteiger partial charge in [0.25, 0.3) is 0 Å². The van der Waals surface area contributed by atoms with E-state index >= 15 is 0 Å². The zero-order valence-corrected chi connectivity index (χ0v) is 9.28. The molecule has 0 amide bonds. The molecule has 0 atom stereocenters. The Labute approximate surface area is 69.0 Å². The van der Waals surface area contributed by atoms with Crippen molar-refractivity contribution in [3.63, 3.8) is 0 Å². The van der Waals surface area contributed by atoms with E-state index in [-0.39, 0.29) is 31.4 Å². The van der Waals surface area contributed by atoms with Gasteiger partial charge in [-0.2, -0.15) is 0 Å². The maximum atomic E-state index is 4.96. The number of hydrogen-bond acceptors (Lipinski definition) is 0. The van der Waals surface area contributed by atoms with Crippen molar-refractivity contribution in [2.24, 2.45) is 0 Å². The van der Waals surface area contributed by atoms with Crippen LogP contribution < -0.4 is 0 Å². The third-order valence-electron chi connectivity index (χ3n) is 0. The summed E-state index contributed by atoms with van der Waals surface area (Å²) in [6.45, 7) is 0. The molecule has 0 rings (SSSR count). The Morgan fingerprint density at radius 2 is 1.40 bits per heavy atom. The van der Waals surface area contributed by atoms with Crippen LogP contribution in [0.25, 0.3) is 0 Å². The number of halogens is 2. The average molecular weight is 322 g/mol. The van der Waals surface area contributed by atoms with Crippen LogP contribution in [-0.2, 0) is 0 Å². The van der Waals surface area contributed by atoms with Crippen molar-refractivity contribution >= 4 is 61.5 Å². The van der Waals surface area contributed by atoms with Crippen LogP contribution in [-0.4, -0.2) is 50.3 Å². The molecule has 0 aromatic rings. The van der Waals surface area contributed by atoms with Crippen LogP contribution in [0, 0.1) is 0 Å². The van der Waals surface area contributed by atoms with Gasteiger partial charge in [0.15, 0.2) is 0 Å². The molecular weight excluding hydrogens is 318 g/mol. The Hall–Kier alpha value is 2.23. The molecule has 5 heavy (non-hydrogen) atoms. The molecule has 5 heteroatoms. The minimum atomic E-state index is -0.972. The van der Waals surface area contributed by atoms with Crippen LogP contribution in [0.4, 0.5) is 0 Å². The van der Waals surface area contributed by atoms with E-state index in [9.17, 15) is 0 Å². The van der Waals surface area contributed by atoms with Gasteiger partial charge >= 0.3 is 61.5 Å². The Balaban J connectivity index is -0.00000000333. The first-order valence-corrected chi connectivity index (χ1v) is 9.95. The van der Waals surface area contributed by atoms with Gasteiger partial charge in [0.05, 0.1) is 0 Å². The largest absolute Gasteiger partial charge is 2.00 e. The zero-order valence-electron chi connectivity index (χ0n) is 4.46. The van der Waals surface area contributed by atoms with Gasteiger partial charge in [0, 0.05) is 0 Å². The van der Waals surface area contributed by atoms with Gasteiger partial charge < -0.3 is 8.33 Å². The topological polar surface area (TPSA) is 31.5 Å². The molecule has 0 fully saturated rings. The van der Waals surface area contributed by atoms with Gasteiger partial charge in [-0.05, 0) is 0 Å². The fraction of sp³-hybridized carbons (Fsp3) is 0. The van der Waals surface area contributed by atoms with Crippen molar-refractivity contribution in [1.82, 2.24) is 0 Å². The molecule has 2 radical (unpaired) electrons. The van der Waals surface area contributed by atoms with Crippen LogP contribution in [0.3, 0.4) is 0 Å². The Kier molecular flexibility index (Phi) is 51.2. The van der Waals surface area contributed by atoms with Gasteiger partial charge in [-0.1, -0.05) is 0 Å². The maximum Gasteiger partial charge on any atom is 2.00 e. The van der Waals surface area contributed by atoms with Crippen LogP contribution in [0.1, 0.15) is 2.85 Å². The van der Waals surface area contributed by atoms with Crippen molar-refractivity contribution in [2.75, 3.05) is 0 Å². The molecule has 0 saturated heterocycles. The Bertz CT molecular complexity index is 15.7. The summed E-state index contributed by atoms with van der Waals surface area (Å²) in [6.07, 6.45) is 0. The van der Waals surface area contributed by atoms with Crippen molar-refractivity contribution < 1.29 is 8.33 Å². The first-order valence-electron chi connectivity index (χ1n) is 0.378. The minimum absolute atomic E-state index is 0. The smallest absolute Gasteiger partial charge is 1.00 e. The van der Waals surface area contributed by atoms with E-state index < -0.39 is 21.8 Å². The molecule has 0 aliphatic rings. The average Bonchev–Trinajstić information content (AvgIpc) is 0.918. The summed E-state index contributed by atoms with van der Waals surface area (Å²) in [7, 11) is 9.92. The van der Waals surface area contributed by atoms with E-state index in [1.165, 1.54) is 0 Å². The van der Waals surface area contributed by atoms with Crippen molar-refractivity contribution in [2.45, 2.75) is 0 Å². The summed E-state index contributed by atoms with van der Waals surface area (Å²) >= 11 is -0.972. The molecule has 0 aliphatic carbocycles. The molecule has 0 unspecified atom stereocenters. The van der Waals surface area contributed by atoms with Crippen molar-refractivity contribution in [1.29, 1.82) is 0 Å². The fourth-order valence-electron chi connectivity index (χ4n) is 0. The van der Waals surface area contributed by atoms with E-state index in [0.29, 0.717) is 0 Å². The monoisotopic (exact) mass is 322 g/mol. The van der Waals surface area contributed by atoms with Crippen LogP contribution in [0.15, 0.2) is 0 Å².